The largest absolute Gasteiger partial charge is 0.480 e. The van der Waals surface area contributed by atoms with Crippen molar-refractivity contribution in [1.29, 1.82) is 0 Å². The molecular weight excluding hydrogens is 292 g/mol. The molecule has 1 atom stereocenters. The molecule has 1 unspecified atom stereocenters. The third-order valence-corrected chi connectivity index (χ3v) is 3.93. The zero-order valence-electron chi connectivity index (χ0n) is 11.9. The second-order valence-electron chi connectivity index (χ2n) is 4.61. The number of carboxylic acid groups (broad SMARTS) is 1. The Morgan fingerprint density at radius 2 is 2.05 bits per heavy atom. The number of amides is 2. The molecule has 0 saturated carbocycles. The Hall–Kier alpha value is -2.02. The first-order valence-corrected chi connectivity index (χ1v) is 7.43. The van der Waals surface area contributed by atoms with Crippen molar-refractivity contribution < 1.29 is 19.5 Å². The van der Waals surface area contributed by atoms with Crippen molar-refractivity contribution in [2.45, 2.75) is 25.6 Å². The third kappa shape index (κ3) is 5.47. The van der Waals surface area contributed by atoms with Gasteiger partial charge in [-0.1, -0.05) is 6.07 Å². The zero-order valence-corrected chi connectivity index (χ0v) is 12.7. The minimum absolute atomic E-state index is 0.270. The summed E-state index contributed by atoms with van der Waals surface area (Å²) in [4.78, 5) is 33.0. The van der Waals surface area contributed by atoms with Crippen LogP contribution in [0.15, 0.2) is 18.2 Å². The Bertz CT molecular complexity index is 560. The average molecular weight is 310 g/mol. The molecule has 114 valence electrons. The van der Waals surface area contributed by atoms with E-state index in [4.69, 9.17) is 10.8 Å². The molecule has 0 fully saturated rings. The molecule has 2 amide bonds. The monoisotopic (exact) mass is 310 g/mol. The molecule has 0 aliphatic rings. The highest BCUT2D eigenvalue weighted by atomic mass is 32.2. The Morgan fingerprint density at radius 1 is 1.38 bits per heavy atom. The lowest BCUT2D eigenvalue weighted by Gasteiger charge is -2.13. The molecule has 0 radical (unpaired) electrons. The first-order chi connectivity index (χ1) is 9.81. The minimum atomic E-state index is -1.06. The lowest BCUT2D eigenvalue weighted by molar-refractivity contribution is -0.140. The third-order valence-electron chi connectivity index (χ3n) is 2.84. The van der Waals surface area contributed by atoms with Crippen molar-refractivity contribution in [3.05, 3.63) is 34.9 Å². The van der Waals surface area contributed by atoms with E-state index < -0.39 is 17.9 Å². The van der Waals surface area contributed by atoms with Crippen molar-refractivity contribution >= 4 is 29.5 Å². The number of thioether (sulfide) groups is 1. The number of carboxylic acids is 1. The topological polar surface area (TPSA) is 109 Å². The highest BCUT2D eigenvalue weighted by Crippen LogP contribution is 2.18. The van der Waals surface area contributed by atoms with Gasteiger partial charge < -0.3 is 16.2 Å². The van der Waals surface area contributed by atoms with Gasteiger partial charge in [0.1, 0.15) is 6.04 Å². The number of rotatable bonds is 7. The molecule has 7 heteroatoms. The van der Waals surface area contributed by atoms with Gasteiger partial charge in [-0.15, -0.1) is 0 Å². The van der Waals surface area contributed by atoms with Crippen LogP contribution < -0.4 is 11.1 Å². The van der Waals surface area contributed by atoms with Gasteiger partial charge in [-0.25, -0.2) is 4.79 Å². The number of hydrogen-bond acceptors (Lipinski definition) is 4. The van der Waals surface area contributed by atoms with E-state index >= 15 is 0 Å². The summed E-state index contributed by atoms with van der Waals surface area (Å²) in [5.41, 5.74) is 7.57. The van der Waals surface area contributed by atoms with Crippen LogP contribution in [0.25, 0.3) is 0 Å². The summed E-state index contributed by atoms with van der Waals surface area (Å²) < 4.78 is 0. The highest BCUT2D eigenvalue weighted by Gasteiger charge is 2.18. The number of carbonyl (C=O) groups excluding carboxylic acids is 2. The molecule has 0 aliphatic heterocycles. The summed E-state index contributed by atoms with van der Waals surface area (Å²) in [5, 5.41) is 11.4. The predicted octanol–water partition coefficient (Wildman–Crippen LogP) is 0.916. The molecule has 1 aromatic rings. The Morgan fingerprint density at radius 3 is 2.52 bits per heavy atom. The maximum atomic E-state index is 11.1. The van der Waals surface area contributed by atoms with Gasteiger partial charge in [0.15, 0.2) is 0 Å². The van der Waals surface area contributed by atoms with Crippen molar-refractivity contribution in [2.75, 3.05) is 5.75 Å². The lowest BCUT2D eigenvalue weighted by atomic mass is 10.1. The molecule has 0 heterocycles. The normalized spacial score (nSPS) is 11.7. The molecule has 6 nitrogen and oxygen atoms in total. The molecule has 0 spiro atoms. The van der Waals surface area contributed by atoms with E-state index in [0.29, 0.717) is 11.3 Å². The molecule has 1 aromatic carbocycles. The number of aliphatic carboxylic acids is 1. The van der Waals surface area contributed by atoms with Crippen LogP contribution >= 0.6 is 11.8 Å². The number of aryl methyl sites for hydroxylation is 1. The van der Waals surface area contributed by atoms with Crippen molar-refractivity contribution in [2.24, 2.45) is 5.73 Å². The average Bonchev–Trinajstić information content (AvgIpc) is 2.38. The molecule has 0 aliphatic carbocycles. The molecule has 0 aromatic heterocycles. The fourth-order valence-corrected chi connectivity index (χ4v) is 2.84. The van der Waals surface area contributed by atoms with E-state index in [0.717, 1.165) is 11.1 Å². The van der Waals surface area contributed by atoms with E-state index in [-0.39, 0.29) is 11.7 Å². The van der Waals surface area contributed by atoms with Crippen LogP contribution in [-0.2, 0) is 15.3 Å². The van der Waals surface area contributed by atoms with Gasteiger partial charge in [-0.05, 0) is 30.2 Å². The smallest absolute Gasteiger partial charge is 0.327 e. The number of carbonyl (C=O) groups is 3. The van der Waals surface area contributed by atoms with E-state index in [1.54, 1.807) is 18.2 Å². The van der Waals surface area contributed by atoms with E-state index in [1.165, 1.54) is 18.7 Å². The van der Waals surface area contributed by atoms with Gasteiger partial charge in [-0.2, -0.15) is 11.8 Å². The summed E-state index contributed by atoms with van der Waals surface area (Å²) in [5.74, 6) is -1.04. The van der Waals surface area contributed by atoms with Crippen LogP contribution in [0.3, 0.4) is 0 Å². The summed E-state index contributed by atoms with van der Waals surface area (Å²) >= 11 is 1.40. The predicted molar refractivity (Wildman–Crippen MR) is 81.1 cm³/mol. The summed E-state index contributed by atoms with van der Waals surface area (Å²) in [6.07, 6.45) is 0. The number of benzene rings is 1. The molecule has 0 bridgehead atoms. The van der Waals surface area contributed by atoms with Gasteiger partial charge >= 0.3 is 5.97 Å². The molecule has 0 saturated heterocycles. The first-order valence-electron chi connectivity index (χ1n) is 6.28. The van der Waals surface area contributed by atoms with E-state index in [2.05, 4.69) is 5.32 Å². The Kier molecular flexibility index (Phi) is 6.23. The van der Waals surface area contributed by atoms with Crippen molar-refractivity contribution in [3.8, 4) is 0 Å². The quantitative estimate of drug-likeness (QED) is 0.693. The van der Waals surface area contributed by atoms with Crippen LogP contribution in [0.4, 0.5) is 0 Å². The second kappa shape index (κ2) is 7.68. The molecule has 1 rings (SSSR count). The molecule has 21 heavy (non-hydrogen) atoms. The Balaban J connectivity index is 2.60. The van der Waals surface area contributed by atoms with Crippen LogP contribution in [0, 0.1) is 6.92 Å². The number of nitrogens with two attached hydrogens (primary N) is 1. The number of hydrogen-bond donors (Lipinski definition) is 3. The van der Waals surface area contributed by atoms with Gasteiger partial charge in [0.25, 0.3) is 0 Å². The summed E-state index contributed by atoms with van der Waals surface area (Å²) in [7, 11) is 0. The van der Waals surface area contributed by atoms with Crippen molar-refractivity contribution in [1.82, 2.24) is 5.32 Å². The van der Waals surface area contributed by atoms with Gasteiger partial charge in [-0.3, -0.25) is 9.59 Å². The first kappa shape index (κ1) is 17.0. The lowest BCUT2D eigenvalue weighted by Crippen LogP contribution is -2.41. The SMILES string of the molecule is CC(=O)NC(CSCc1ccc(C(N)=O)cc1C)C(=O)O. The van der Waals surface area contributed by atoms with Gasteiger partial charge in [0.2, 0.25) is 11.8 Å². The number of nitrogens with one attached hydrogen (secondary N) is 1. The van der Waals surface area contributed by atoms with Gasteiger partial charge in [0, 0.05) is 24.0 Å². The highest BCUT2D eigenvalue weighted by molar-refractivity contribution is 7.98. The van der Waals surface area contributed by atoms with Crippen LogP contribution in [-0.4, -0.2) is 34.7 Å². The fourth-order valence-electron chi connectivity index (χ4n) is 1.72. The maximum Gasteiger partial charge on any atom is 0.327 e. The molecule has 4 N–H and O–H groups in total. The van der Waals surface area contributed by atoms with E-state index in [1.807, 2.05) is 6.92 Å². The van der Waals surface area contributed by atoms with Gasteiger partial charge in [0.05, 0.1) is 0 Å². The standard InChI is InChI=1S/C14H18N2O4S/c1-8-5-10(13(15)18)3-4-11(8)6-21-7-12(14(19)20)16-9(2)17/h3-5,12H,6-7H2,1-2H3,(H2,15,18)(H,16,17)(H,19,20). The fraction of sp³-hybridized carbons (Fsp3) is 0.357. The minimum Gasteiger partial charge on any atom is -0.480 e. The molecular formula is C14H18N2O4S. The van der Waals surface area contributed by atoms with Crippen LogP contribution in [0.2, 0.25) is 0 Å². The maximum absolute atomic E-state index is 11.1. The van der Waals surface area contributed by atoms with Crippen molar-refractivity contribution in [3.63, 3.8) is 0 Å². The number of primary amides is 1. The summed E-state index contributed by atoms with van der Waals surface area (Å²) in [6.45, 7) is 3.15. The van der Waals surface area contributed by atoms with E-state index in [9.17, 15) is 14.4 Å². The second-order valence-corrected chi connectivity index (χ2v) is 5.64. The van der Waals surface area contributed by atoms with Crippen LogP contribution in [0.5, 0.6) is 0 Å². The summed E-state index contributed by atoms with van der Waals surface area (Å²) in [6, 6.07) is 4.25. The Labute approximate surface area is 127 Å². The zero-order chi connectivity index (χ0) is 16.0. The van der Waals surface area contributed by atoms with Crippen LogP contribution in [0.1, 0.15) is 28.4 Å².